The highest BCUT2D eigenvalue weighted by Crippen LogP contribution is 2.36. The van der Waals surface area contributed by atoms with Crippen molar-refractivity contribution < 1.29 is 14.7 Å². The number of carboxylic acid groups (broad SMARTS) is 1. The van der Waals surface area contributed by atoms with Gasteiger partial charge >= 0.3 is 5.97 Å². The zero-order valence-electron chi connectivity index (χ0n) is 12.4. The van der Waals surface area contributed by atoms with Crippen LogP contribution in [0.5, 0.6) is 0 Å². The third-order valence-corrected chi connectivity index (χ3v) is 4.91. The third-order valence-electron chi connectivity index (χ3n) is 4.47. The smallest absolute Gasteiger partial charge is 0.305 e. The molecule has 1 amide bonds. The number of aliphatic carboxylic acids is 1. The highest BCUT2D eigenvalue weighted by molar-refractivity contribution is 9.10. The Morgan fingerprint density at radius 1 is 1.38 bits per heavy atom. The van der Waals surface area contributed by atoms with Crippen molar-refractivity contribution >= 4 is 27.8 Å². The maximum absolute atomic E-state index is 12.8. The van der Waals surface area contributed by atoms with Crippen molar-refractivity contribution in [2.24, 2.45) is 7.05 Å². The lowest BCUT2D eigenvalue weighted by molar-refractivity contribution is -0.140. The first-order valence-corrected chi connectivity index (χ1v) is 7.97. The van der Waals surface area contributed by atoms with Gasteiger partial charge in [0.15, 0.2) is 0 Å². The van der Waals surface area contributed by atoms with Crippen molar-refractivity contribution in [2.45, 2.75) is 44.1 Å². The number of halogens is 1. The fourth-order valence-electron chi connectivity index (χ4n) is 3.25. The number of hydrogen-bond acceptors (Lipinski definition) is 2. The first kappa shape index (κ1) is 16.1. The molecule has 1 aliphatic carbocycles. The Kier molecular flexibility index (Phi) is 4.76. The molecule has 1 heterocycles. The molecule has 0 spiro atoms. The van der Waals surface area contributed by atoms with Crippen LogP contribution >= 0.6 is 15.9 Å². The number of carboxylic acids is 1. The van der Waals surface area contributed by atoms with Crippen LogP contribution in [0.3, 0.4) is 0 Å². The molecule has 0 aliphatic heterocycles. The monoisotopic (exact) mass is 356 g/mol. The van der Waals surface area contributed by atoms with Gasteiger partial charge in [0, 0.05) is 24.8 Å². The predicted octanol–water partition coefficient (Wildman–Crippen LogP) is 3.04. The van der Waals surface area contributed by atoms with E-state index in [2.05, 4.69) is 15.9 Å². The van der Waals surface area contributed by atoms with Crippen molar-refractivity contribution in [3.8, 4) is 0 Å². The highest BCUT2D eigenvalue weighted by Gasteiger charge is 2.41. The average Bonchev–Trinajstić information content (AvgIpc) is 2.76. The number of carbonyl (C=O) groups is 2. The van der Waals surface area contributed by atoms with Crippen LogP contribution in [0.15, 0.2) is 16.7 Å². The van der Waals surface area contributed by atoms with E-state index in [1.807, 2.05) is 13.2 Å². The molecular weight excluding hydrogens is 336 g/mol. The van der Waals surface area contributed by atoms with Gasteiger partial charge < -0.3 is 14.6 Å². The van der Waals surface area contributed by atoms with Crippen molar-refractivity contribution in [3.63, 3.8) is 0 Å². The molecule has 1 saturated carbocycles. The van der Waals surface area contributed by atoms with Crippen LogP contribution in [0.2, 0.25) is 0 Å². The minimum absolute atomic E-state index is 0.0147. The Hall–Kier alpha value is -1.30. The quantitative estimate of drug-likeness (QED) is 0.901. The average molecular weight is 357 g/mol. The summed E-state index contributed by atoms with van der Waals surface area (Å²) in [5.74, 6) is -0.962. The number of carbonyl (C=O) groups excluding carboxylic acids is 1. The van der Waals surface area contributed by atoms with Gasteiger partial charge in [-0.3, -0.25) is 9.59 Å². The van der Waals surface area contributed by atoms with Gasteiger partial charge in [-0.15, -0.1) is 0 Å². The summed E-state index contributed by atoms with van der Waals surface area (Å²) in [6, 6.07) is 1.77. The van der Waals surface area contributed by atoms with Gasteiger partial charge in [-0.25, -0.2) is 0 Å². The van der Waals surface area contributed by atoms with Gasteiger partial charge in [-0.1, -0.05) is 19.3 Å². The molecule has 0 saturated heterocycles. The summed E-state index contributed by atoms with van der Waals surface area (Å²) in [7, 11) is 3.55. The predicted molar refractivity (Wildman–Crippen MR) is 83.3 cm³/mol. The van der Waals surface area contributed by atoms with Gasteiger partial charge in [-0.2, -0.15) is 0 Å². The van der Waals surface area contributed by atoms with E-state index in [9.17, 15) is 14.7 Å². The number of hydrogen-bond donors (Lipinski definition) is 1. The molecule has 5 nitrogen and oxygen atoms in total. The molecule has 1 aromatic rings. The largest absolute Gasteiger partial charge is 0.481 e. The molecule has 0 unspecified atom stereocenters. The first-order chi connectivity index (χ1) is 9.85. The Morgan fingerprint density at radius 2 is 2.00 bits per heavy atom. The third kappa shape index (κ3) is 3.31. The molecule has 116 valence electrons. The molecule has 0 aromatic carbocycles. The summed E-state index contributed by atoms with van der Waals surface area (Å²) in [5.41, 5.74) is 0.0116. The second-order valence-corrected chi connectivity index (χ2v) is 6.79. The van der Waals surface area contributed by atoms with E-state index in [1.165, 1.54) is 0 Å². The highest BCUT2D eigenvalue weighted by atomic mass is 79.9. The van der Waals surface area contributed by atoms with Crippen molar-refractivity contribution in [2.75, 3.05) is 7.05 Å². The van der Waals surface area contributed by atoms with Crippen LogP contribution in [0.1, 0.15) is 49.0 Å². The normalized spacial score (nSPS) is 17.5. The van der Waals surface area contributed by atoms with Crippen molar-refractivity contribution in [1.82, 2.24) is 9.47 Å². The van der Waals surface area contributed by atoms with Gasteiger partial charge in [0.2, 0.25) is 0 Å². The molecule has 1 aliphatic rings. The Morgan fingerprint density at radius 3 is 2.48 bits per heavy atom. The zero-order valence-corrected chi connectivity index (χ0v) is 14.0. The molecule has 6 heteroatoms. The number of nitrogens with zero attached hydrogens (tertiary/aromatic N) is 2. The molecule has 0 bridgehead atoms. The van der Waals surface area contributed by atoms with Crippen LogP contribution in [-0.4, -0.2) is 39.0 Å². The minimum atomic E-state index is -0.843. The Balaban J connectivity index is 2.29. The summed E-state index contributed by atoms with van der Waals surface area (Å²) in [5, 5.41) is 9.24. The minimum Gasteiger partial charge on any atom is -0.481 e. The summed E-state index contributed by atoms with van der Waals surface area (Å²) >= 11 is 3.36. The van der Waals surface area contributed by atoms with E-state index in [1.54, 1.807) is 22.6 Å². The lowest BCUT2D eigenvalue weighted by Gasteiger charge is -2.43. The van der Waals surface area contributed by atoms with Gasteiger partial charge in [-0.05, 0) is 34.8 Å². The van der Waals surface area contributed by atoms with Crippen LogP contribution < -0.4 is 0 Å². The van der Waals surface area contributed by atoms with Crippen LogP contribution in [-0.2, 0) is 11.8 Å². The molecule has 0 atom stereocenters. The standard InChI is InChI=1S/C15H21BrN2O3/c1-17-10-11(16)8-12(17)14(21)18(2)15(9-13(19)20)6-4-3-5-7-15/h8,10H,3-7,9H2,1-2H3,(H,19,20). The van der Waals surface area contributed by atoms with Crippen LogP contribution in [0.25, 0.3) is 0 Å². The second-order valence-electron chi connectivity index (χ2n) is 5.87. The maximum atomic E-state index is 12.8. The SMILES string of the molecule is CN(C(=O)c1cc(Br)cn1C)C1(CC(=O)O)CCCCC1. The topological polar surface area (TPSA) is 62.5 Å². The molecule has 21 heavy (non-hydrogen) atoms. The summed E-state index contributed by atoms with van der Waals surface area (Å²) in [6.07, 6.45) is 6.41. The lowest BCUT2D eigenvalue weighted by atomic mass is 9.78. The maximum Gasteiger partial charge on any atom is 0.305 e. The molecular formula is C15H21BrN2O3. The van der Waals surface area contributed by atoms with Crippen LogP contribution in [0, 0.1) is 0 Å². The fourth-order valence-corrected chi connectivity index (χ4v) is 3.77. The Labute approximate surface area is 133 Å². The number of rotatable bonds is 4. The zero-order chi connectivity index (χ0) is 15.6. The van der Waals surface area contributed by atoms with E-state index >= 15 is 0 Å². The van der Waals surface area contributed by atoms with E-state index in [0.717, 1.165) is 36.6 Å². The van der Waals surface area contributed by atoms with E-state index in [0.29, 0.717) is 5.69 Å². The Bertz CT molecular complexity index is 547. The molecule has 0 radical (unpaired) electrons. The fraction of sp³-hybridized carbons (Fsp3) is 0.600. The van der Waals surface area contributed by atoms with Crippen molar-refractivity contribution in [1.29, 1.82) is 0 Å². The van der Waals surface area contributed by atoms with E-state index in [-0.39, 0.29) is 12.3 Å². The molecule has 1 N–H and O–H groups in total. The van der Waals surface area contributed by atoms with Crippen molar-refractivity contribution in [3.05, 3.63) is 22.4 Å². The summed E-state index contributed by atoms with van der Waals surface area (Å²) in [6.45, 7) is 0. The number of aromatic nitrogens is 1. The lowest BCUT2D eigenvalue weighted by Crippen LogP contribution is -2.52. The second kappa shape index (κ2) is 6.22. The van der Waals surface area contributed by atoms with Gasteiger partial charge in [0.05, 0.1) is 12.0 Å². The summed E-state index contributed by atoms with van der Waals surface area (Å²) < 4.78 is 2.61. The summed E-state index contributed by atoms with van der Waals surface area (Å²) in [4.78, 5) is 25.7. The van der Waals surface area contributed by atoms with E-state index < -0.39 is 11.5 Å². The number of amides is 1. The van der Waals surface area contributed by atoms with Crippen LogP contribution in [0.4, 0.5) is 0 Å². The first-order valence-electron chi connectivity index (χ1n) is 7.17. The molecule has 1 aromatic heterocycles. The van der Waals surface area contributed by atoms with E-state index in [4.69, 9.17) is 0 Å². The van der Waals surface area contributed by atoms with Gasteiger partial charge in [0.1, 0.15) is 5.69 Å². The number of aryl methyl sites for hydroxylation is 1. The van der Waals surface area contributed by atoms with Gasteiger partial charge in [0.25, 0.3) is 5.91 Å². The molecule has 2 rings (SSSR count). The molecule has 1 fully saturated rings.